The summed E-state index contributed by atoms with van der Waals surface area (Å²) in [4.78, 5) is 0. The molecule has 5 rings (SSSR count). The minimum absolute atomic E-state index is 0.0868. The molecule has 6 heteroatoms. The summed E-state index contributed by atoms with van der Waals surface area (Å²) in [7, 11) is 0. The maximum absolute atomic E-state index is 6.00. The molecule has 0 aliphatic carbocycles. The highest BCUT2D eigenvalue weighted by molar-refractivity contribution is 5.66. The van der Waals surface area contributed by atoms with E-state index in [2.05, 4.69) is 86.2 Å². The molecule has 6 nitrogen and oxygen atoms in total. The van der Waals surface area contributed by atoms with Crippen molar-refractivity contribution in [2.45, 2.75) is 52.4 Å². The number of hydrogen-bond acceptors (Lipinski definition) is 6. The molecule has 3 aromatic carbocycles. The first-order chi connectivity index (χ1) is 17.1. The van der Waals surface area contributed by atoms with Crippen molar-refractivity contribution in [1.29, 1.82) is 0 Å². The zero-order valence-electron chi connectivity index (χ0n) is 21.5. The van der Waals surface area contributed by atoms with Crippen LogP contribution in [-0.4, -0.2) is 20.4 Å². The van der Waals surface area contributed by atoms with E-state index in [4.69, 9.17) is 8.83 Å². The van der Waals surface area contributed by atoms with Gasteiger partial charge in [0, 0.05) is 22.3 Å². The van der Waals surface area contributed by atoms with Gasteiger partial charge in [0.2, 0.25) is 23.6 Å². The molecule has 36 heavy (non-hydrogen) atoms. The summed E-state index contributed by atoms with van der Waals surface area (Å²) >= 11 is 0. The van der Waals surface area contributed by atoms with Crippen LogP contribution in [0.2, 0.25) is 0 Å². The summed E-state index contributed by atoms with van der Waals surface area (Å²) < 4.78 is 12.0. The van der Waals surface area contributed by atoms with Crippen LogP contribution in [0.5, 0.6) is 0 Å². The zero-order valence-corrected chi connectivity index (χ0v) is 21.5. The van der Waals surface area contributed by atoms with E-state index in [-0.39, 0.29) is 10.8 Å². The number of benzene rings is 3. The third-order valence-corrected chi connectivity index (χ3v) is 6.20. The van der Waals surface area contributed by atoms with Crippen LogP contribution in [-0.2, 0) is 10.8 Å². The van der Waals surface area contributed by atoms with Crippen LogP contribution in [0.15, 0.2) is 81.6 Å². The monoisotopic (exact) mass is 478 g/mol. The van der Waals surface area contributed by atoms with Gasteiger partial charge in [0.15, 0.2) is 0 Å². The Bertz CT molecular complexity index is 1370. The van der Waals surface area contributed by atoms with Gasteiger partial charge in [0.05, 0.1) is 0 Å². The Morgan fingerprint density at radius 1 is 0.444 bits per heavy atom. The molecular formula is C30H30N4O2. The highest BCUT2D eigenvalue weighted by Gasteiger charge is 2.18. The smallest absolute Gasteiger partial charge is 0.248 e. The average Bonchev–Trinajstić information content (AvgIpc) is 3.54. The molecule has 0 radical (unpaired) electrons. The molecular weight excluding hydrogens is 448 g/mol. The van der Waals surface area contributed by atoms with Crippen LogP contribution >= 0.6 is 0 Å². The van der Waals surface area contributed by atoms with Crippen molar-refractivity contribution in [3.05, 3.63) is 83.9 Å². The molecule has 0 fully saturated rings. The van der Waals surface area contributed by atoms with Gasteiger partial charge in [0.25, 0.3) is 0 Å². The summed E-state index contributed by atoms with van der Waals surface area (Å²) in [6.45, 7) is 13.1. The molecule has 5 aromatic rings. The number of hydrogen-bond donors (Lipinski definition) is 0. The van der Waals surface area contributed by atoms with Gasteiger partial charge in [-0.1, -0.05) is 71.9 Å². The second-order valence-corrected chi connectivity index (χ2v) is 11.1. The quantitative estimate of drug-likeness (QED) is 0.263. The van der Waals surface area contributed by atoms with Gasteiger partial charge in [-0.3, -0.25) is 0 Å². The molecule has 0 aliphatic rings. The first kappa shape index (κ1) is 23.7. The summed E-state index contributed by atoms with van der Waals surface area (Å²) in [6, 6.07) is 24.1. The van der Waals surface area contributed by atoms with Crippen LogP contribution < -0.4 is 0 Å². The topological polar surface area (TPSA) is 77.8 Å². The Hall–Kier alpha value is -4.06. The minimum atomic E-state index is 0.0868. The maximum atomic E-state index is 6.00. The van der Waals surface area contributed by atoms with Crippen molar-refractivity contribution in [2.75, 3.05) is 0 Å². The van der Waals surface area contributed by atoms with Gasteiger partial charge in [-0.05, 0) is 64.4 Å². The SMILES string of the molecule is CC(C)(C)c1ccc(-c2nnc(-c3cccc(-c4nnc(-c5ccc(C(C)(C)C)cc5)o4)c3)o2)cc1. The molecule has 2 heterocycles. The van der Waals surface area contributed by atoms with E-state index in [9.17, 15) is 0 Å². The molecule has 0 atom stereocenters. The molecule has 0 N–H and O–H groups in total. The highest BCUT2D eigenvalue weighted by atomic mass is 16.4. The third-order valence-electron chi connectivity index (χ3n) is 6.20. The van der Waals surface area contributed by atoms with Crippen molar-refractivity contribution in [2.24, 2.45) is 0 Å². The van der Waals surface area contributed by atoms with Gasteiger partial charge < -0.3 is 8.83 Å². The maximum Gasteiger partial charge on any atom is 0.248 e. The fourth-order valence-electron chi connectivity index (χ4n) is 3.92. The van der Waals surface area contributed by atoms with Crippen molar-refractivity contribution in [3.8, 4) is 45.8 Å². The fourth-order valence-corrected chi connectivity index (χ4v) is 3.92. The lowest BCUT2D eigenvalue weighted by atomic mass is 9.87. The first-order valence-corrected chi connectivity index (χ1v) is 12.1. The molecule has 0 saturated carbocycles. The molecule has 0 spiro atoms. The highest BCUT2D eigenvalue weighted by Crippen LogP contribution is 2.31. The van der Waals surface area contributed by atoms with Crippen molar-refractivity contribution in [3.63, 3.8) is 0 Å². The predicted molar refractivity (Wildman–Crippen MR) is 141 cm³/mol. The van der Waals surface area contributed by atoms with E-state index >= 15 is 0 Å². The molecule has 182 valence electrons. The van der Waals surface area contributed by atoms with Crippen LogP contribution in [0.4, 0.5) is 0 Å². The van der Waals surface area contributed by atoms with E-state index in [0.717, 1.165) is 22.3 Å². The molecule has 0 saturated heterocycles. The van der Waals surface area contributed by atoms with Crippen molar-refractivity contribution in [1.82, 2.24) is 20.4 Å². The zero-order chi connectivity index (χ0) is 25.5. The van der Waals surface area contributed by atoms with E-state index in [1.165, 1.54) is 11.1 Å². The van der Waals surface area contributed by atoms with Crippen molar-refractivity contribution >= 4 is 0 Å². The number of nitrogens with zero attached hydrogens (tertiary/aromatic N) is 4. The Balaban J connectivity index is 1.38. The second-order valence-electron chi connectivity index (χ2n) is 11.1. The summed E-state index contributed by atoms with van der Waals surface area (Å²) in [5.41, 5.74) is 6.02. The average molecular weight is 479 g/mol. The second kappa shape index (κ2) is 8.86. The van der Waals surface area contributed by atoms with E-state index in [1.54, 1.807) is 0 Å². The van der Waals surface area contributed by atoms with Gasteiger partial charge >= 0.3 is 0 Å². The van der Waals surface area contributed by atoms with Crippen LogP contribution in [0.25, 0.3) is 45.8 Å². The van der Waals surface area contributed by atoms with Crippen LogP contribution in [0.1, 0.15) is 52.7 Å². The summed E-state index contributed by atoms with van der Waals surface area (Å²) in [5.74, 6) is 1.83. The van der Waals surface area contributed by atoms with Crippen molar-refractivity contribution < 1.29 is 8.83 Å². The number of aromatic nitrogens is 4. The Labute approximate surface area is 211 Å². The third kappa shape index (κ3) is 4.85. The normalized spacial score (nSPS) is 12.2. The van der Waals surface area contributed by atoms with Gasteiger partial charge in [-0.2, -0.15) is 0 Å². The molecule has 0 bridgehead atoms. The van der Waals surface area contributed by atoms with Crippen LogP contribution in [0, 0.1) is 0 Å². The fraction of sp³-hybridized carbons (Fsp3) is 0.267. The Morgan fingerprint density at radius 2 is 0.778 bits per heavy atom. The Kier molecular flexibility index (Phi) is 5.83. The molecule has 2 aromatic heterocycles. The summed E-state index contributed by atoms with van der Waals surface area (Å²) in [5, 5.41) is 17.0. The standard InChI is InChI=1S/C30H30N4O2/c1-29(2,3)23-14-10-19(11-15-23)25-31-33-27(35-25)21-8-7-9-22(18-21)28-34-32-26(36-28)20-12-16-24(17-13-20)30(4,5)6/h7-18H,1-6H3. The minimum Gasteiger partial charge on any atom is -0.416 e. The Morgan fingerprint density at radius 3 is 1.11 bits per heavy atom. The molecule has 0 amide bonds. The summed E-state index contributed by atoms with van der Waals surface area (Å²) in [6.07, 6.45) is 0. The lowest BCUT2D eigenvalue weighted by molar-refractivity contribution is 0.580. The van der Waals surface area contributed by atoms with Crippen LogP contribution in [0.3, 0.4) is 0 Å². The van der Waals surface area contributed by atoms with E-state index < -0.39 is 0 Å². The van der Waals surface area contributed by atoms with E-state index in [1.807, 2.05) is 48.5 Å². The number of rotatable bonds is 4. The van der Waals surface area contributed by atoms with E-state index in [0.29, 0.717) is 23.6 Å². The van der Waals surface area contributed by atoms with Gasteiger partial charge in [0.1, 0.15) is 0 Å². The molecule has 0 unspecified atom stereocenters. The predicted octanol–water partition coefficient (Wildman–Crippen LogP) is 7.72. The molecule has 0 aliphatic heterocycles. The van der Waals surface area contributed by atoms with Gasteiger partial charge in [-0.15, -0.1) is 20.4 Å². The first-order valence-electron chi connectivity index (χ1n) is 12.1. The lowest BCUT2D eigenvalue weighted by Gasteiger charge is -2.18. The largest absolute Gasteiger partial charge is 0.416 e. The van der Waals surface area contributed by atoms with Gasteiger partial charge in [-0.25, -0.2) is 0 Å². The lowest BCUT2D eigenvalue weighted by Crippen LogP contribution is -2.10.